The van der Waals surface area contributed by atoms with Crippen LogP contribution in [0.25, 0.3) is 11.1 Å². The molecule has 1 amide bonds. The van der Waals surface area contributed by atoms with E-state index in [-0.39, 0.29) is 11.3 Å². The predicted molar refractivity (Wildman–Crippen MR) is 98.3 cm³/mol. The third kappa shape index (κ3) is 2.21. The molecule has 2 aromatic rings. The average molecular weight is 322 g/mol. The maximum Gasteiger partial charge on any atom is 0.223 e. The summed E-state index contributed by atoms with van der Waals surface area (Å²) >= 11 is 0. The van der Waals surface area contributed by atoms with Gasteiger partial charge in [0.05, 0.1) is 5.69 Å². The first-order chi connectivity index (χ1) is 11.7. The van der Waals surface area contributed by atoms with Crippen molar-refractivity contribution < 1.29 is 4.79 Å². The zero-order valence-electron chi connectivity index (χ0n) is 14.7. The number of carbonyl (C=O) groups is 1. The number of anilines is 1. The summed E-state index contributed by atoms with van der Waals surface area (Å²) in [5.74, 6) is 0.141. The second-order valence-electron chi connectivity index (χ2n) is 7.30. The molecule has 0 saturated carbocycles. The third-order valence-electron chi connectivity index (χ3n) is 6.10. The Labute approximate surface area is 144 Å². The van der Waals surface area contributed by atoms with E-state index < -0.39 is 0 Å². The molecule has 1 atom stereocenters. The molecule has 0 unspecified atom stereocenters. The molecule has 0 saturated heterocycles. The number of fused-ring (bicyclic) bond motifs is 2. The van der Waals surface area contributed by atoms with Crippen LogP contribution in [0, 0.1) is 0 Å². The van der Waals surface area contributed by atoms with Crippen molar-refractivity contribution in [2.45, 2.75) is 57.9 Å². The Morgan fingerprint density at radius 3 is 2.58 bits per heavy atom. The lowest BCUT2D eigenvalue weighted by atomic mass is 9.71. The highest BCUT2D eigenvalue weighted by molar-refractivity contribution is 5.97. The first kappa shape index (κ1) is 15.5. The fraction of sp³-hybridized carbons (Fsp3) is 0.476. The zero-order valence-corrected chi connectivity index (χ0v) is 14.7. The van der Waals surface area contributed by atoms with Crippen molar-refractivity contribution in [3.8, 4) is 11.1 Å². The van der Waals surface area contributed by atoms with Crippen molar-refractivity contribution in [1.29, 1.82) is 0 Å². The smallest absolute Gasteiger partial charge is 0.223 e. The molecule has 1 aromatic heterocycles. The number of hydrogen-bond acceptors (Lipinski definition) is 1. The van der Waals surface area contributed by atoms with Gasteiger partial charge in [-0.2, -0.15) is 0 Å². The molecule has 3 heteroatoms. The number of para-hydroxylation sites is 1. The van der Waals surface area contributed by atoms with E-state index in [9.17, 15) is 4.79 Å². The zero-order chi connectivity index (χ0) is 16.7. The van der Waals surface area contributed by atoms with Crippen molar-refractivity contribution in [3.63, 3.8) is 0 Å². The number of aryl methyl sites for hydroxylation is 1. The Kier molecular flexibility index (Phi) is 3.75. The number of hydrogen-bond donors (Lipinski definition) is 0. The van der Waals surface area contributed by atoms with E-state index in [1.807, 2.05) is 11.0 Å². The van der Waals surface area contributed by atoms with E-state index in [4.69, 9.17) is 0 Å². The summed E-state index contributed by atoms with van der Waals surface area (Å²) < 4.78 is 2.47. The Balaban J connectivity index is 1.99. The molecule has 2 aliphatic rings. The van der Waals surface area contributed by atoms with Gasteiger partial charge >= 0.3 is 0 Å². The average Bonchev–Trinajstić information content (AvgIpc) is 3.05. The van der Waals surface area contributed by atoms with Gasteiger partial charge in [0.2, 0.25) is 5.91 Å². The van der Waals surface area contributed by atoms with Gasteiger partial charge in [0.1, 0.15) is 0 Å². The number of rotatable bonds is 1. The predicted octanol–water partition coefficient (Wildman–Crippen LogP) is 4.74. The van der Waals surface area contributed by atoms with Crippen molar-refractivity contribution in [1.82, 2.24) is 4.57 Å². The van der Waals surface area contributed by atoms with E-state index in [1.165, 1.54) is 36.1 Å². The monoisotopic (exact) mass is 322 g/mol. The highest BCUT2D eigenvalue weighted by Gasteiger charge is 2.39. The molecule has 3 heterocycles. The Hall–Kier alpha value is -2.03. The topological polar surface area (TPSA) is 25.2 Å². The number of aromatic nitrogens is 1. The highest BCUT2D eigenvalue weighted by atomic mass is 16.2. The van der Waals surface area contributed by atoms with Gasteiger partial charge in [-0.1, -0.05) is 25.1 Å². The Morgan fingerprint density at radius 1 is 1.08 bits per heavy atom. The first-order valence-corrected chi connectivity index (χ1v) is 9.23. The first-order valence-electron chi connectivity index (χ1n) is 9.23. The van der Waals surface area contributed by atoms with E-state index in [1.54, 1.807) is 6.92 Å². The summed E-state index contributed by atoms with van der Waals surface area (Å²) in [6.45, 7) is 5.96. The van der Waals surface area contributed by atoms with Gasteiger partial charge in [-0.25, -0.2) is 0 Å². The lowest BCUT2D eigenvalue weighted by Crippen LogP contribution is -2.34. The van der Waals surface area contributed by atoms with Gasteiger partial charge in [0.25, 0.3) is 0 Å². The van der Waals surface area contributed by atoms with Gasteiger partial charge in [0.15, 0.2) is 0 Å². The van der Waals surface area contributed by atoms with Gasteiger partial charge in [-0.15, -0.1) is 0 Å². The van der Waals surface area contributed by atoms with Crippen LogP contribution in [0.15, 0.2) is 36.5 Å². The molecule has 0 radical (unpaired) electrons. The van der Waals surface area contributed by atoms with Gasteiger partial charge in [-0.3, -0.25) is 4.79 Å². The molecular weight excluding hydrogens is 296 g/mol. The number of benzene rings is 1. The van der Waals surface area contributed by atoms with E-state index >= 15 is 0 Å². The summed E-state index contributed by atoms with van der Waals surface area (Å²) in [5.41, 5.74) is 5.38. The molecule has 0 fully saturated rings. The summed E-state index contributed by atoms with van der Waals surface area (Å²) in [5, 5.41) is 0. The minimum absolute atomic E-state index is 0.141. The second-order valence-corrected chi connectivity index (χ2v) is 7.30. The molecule has 3 nitrogen and oxygen atoms in total. The van der Waals surface area contributed by atoms with Crippen molar-refractivity contribution in [2.24, 2.45) is 0 Å². The number of amides is 1. The summed E-state index contributed by atoms with van der Waals surface area (Å²) in [4.78, 5) is 14.3. The molecule has 126 valence electrons. The molecular formula is C21H26N2O. The minimum atomic E-state index is 0.141. The van der Waals surface area contributed by atoms with Crippen LogP contribution in [0.4, 0.5) is 5.69 Å². The van der Waals surface area contributed by atoms with Crippen LogP contribution in [0.3, 0.4) is 0 Å². The maximum atomic E-state index is 12.3. The molecule has 0 bridgehead atoms. The standard InChI is InChI=1S/C21H26N2O/c1-3-21-11-6-13-22-15-10-18(20(21)22)17-8-4-5-9-19(17)23(16(2)24)14-7-12-21/h4-5,8-10,15H,3,6-7,11-14H2,1-2H3/t21-/m1/s1. The van der Waals surface area contributed by atoms with Crippen molar-refractivity contribution in [2.75, 3.05) is 11.4 Å². The van der Waals surface area contributed by atoms with Crippen molar-refractivity contribution in [3.05, 3.63) is 42.2 Å². The van der Waals surface area contributed by atoms with Crippen LogP contribution < -0.4 is 4.90 Å². The number of nitrogens with zero attached hydrogens (tertiary/aromatic N) is 2. The fourth-order valence-electron chi connectivity index (χ4n) is 4.90. The van der Waals surface area contributed by atoms with Crippen LogP contribution in [0.1, 0.15) is 51.6 Å². The molecule has 0 aliphatic carbocycles. The number of carbonyl (C=O) groups excluding carboxylic acids is 1. The van der Waals surface area contributed by atoms with E-state index in [0.29, 0.717) is 0 Å². The maximum absolute atomic E-state index is 12.3. The molecule has 1 aromatic carbocycles. The molecule has 0 spiro atoms. The van der Waals surface area contributed by atoms with E-state index in [2.05, 4.69) is 42.0 Å². The SMILES string of the molecule is CC[C@@]12CCCN(C(C)=O)c3ccccc3-c3ccn(c31)CCC2. The summed E-state index contributed by atoms with van der Waals surface area (Å²) in [6.07, 6.45) is 8.18. The van der Waals surface area contributed by atoms with Crippen LogP contribution in [-0.2, 0) is 16.8 Å². The quantitative estimate of drug-likeness (QED) is 0.744. The largest absolute Gasteiger partial charge is 0.350 e. The van der Waals surface area contributed by atoms with Gasteiger partial charge in [-0.05, 0) is 44.2 Å². The molecule has 24 heavy (non-hydrogen) atoms. The summed E-state index contributed by atoms with van der Waals surface area (Å²) in [6, 6.07) is 10.7. The molecule has 4 rings (SSSR count). The minimum Gasteiger partial charge on any atom is -0.350 e. The third-order valence-corrected chi connectivity index (χ3v) is 6.10. The van der Waals surface area contributed by atoms with Crippen LogP contribution in [0.2, 0.25) is 0 Å². The van der Waals surface area contributed by atoms with Crippen LogP contribution >= 0.6 is 0 Å². The highest BCUT2D eigenvalue weighted by Crippen LogP contribution is 2.48. The van der Waals surface area contributed by atoms with E-state index in [0.717, 1.165) is 31.6 Å². The lowest BCUT2D eigenvalue weighted by Gasteiger charge is -2.39. The van der Waals surface area contributed by atoms with Crippen LogP contribution in [0.5, 0.6) is 0 Å². The van der Waals surface area contributed by atoms with Crippen LogP contribution in [-0.4, -0.2) is 17.0 Å². The summed E-state index contributed by atoms with van der Waals surface area (Å²) in [7, 11) is 0. The second kappa shape index (κ2) is 5.80. The van der Waals surface area contributed by atoms with Gasteiger partial charge < -0.3 is 9.47 Å². The Morgan fingerprint density at radius 2 is 1.83 bits per heavy atom. The van der Waals surface area contributed by atoms with Crippen molar-refractivity contribution >= 4 is 11.6 Å². The molecule has 0 N–H and O–H groups in total. The van der Waals surface area contributed by atoms with Gasteiger partial charge in [0, 0.05) is 48.4 Å². The Bertz CT molecular complexity index is 776. The lowest BCUT2D eigenvalue weighted by molar-refractivity contribution is -0.116. The fourth-order valence-corrected chi connectivity index (χ4v) is 4.90. The molecule has 2 aliphatic heterocycles. The normalized spacial score (nSPS) is 22.8.